The highest BCUT2D eigenvalue weighted by Crippen LogP contribution is 2.17. The van der Waals surface area contributed by atoms with Gasteiger partial charge >= 0.3 is 0 Å². The zero-order chi connectivity index (χ0) is 13.0. The van der Waals surface area contributed by atoms with Gasteiger partial charge < -0.3 is 4.90 Å². The number of likely N-dealkylation sites (tertiary alicyclic amines) is 1. The number of rotatable bonds is 3. The first-order valence-electron chi connectivity index (χ1n) is 6.13. The van der Waals surface area contributed by atoms with E-state index in [1.807, 2.05) is 29.2 Å². The third-order valence-electron chi connectivity index (χ3n) is 3.22. The SMILES string of the molecule is N#CC(Cc1ccc(Br)cc1)C(=O)N1CCCC1. The molecule has 4 heteroatoms. The van der Waals surface area contributed by atoms with Crippen molar-refractivity contribution in [1.29, 1.82) is 5.26 Å². The van der Waals surface area contributed by atoms with Crippen molar-refractivity contribution in [2.75, 3.05) is 13.1 Å². The molecule has 1 fully saturated rings. The topological polar surface area (TPSA) is 44.1 Å². The van der Waals surface area contributed by atoms with Crippen molar-refractivity contribution in [3.8, 4) is 6.07 Å². The first kappa shape index (κ1) is 13.1. The van der Waals surface area contributed by atoms with Crippen LogP contribution in [0.5, 0.6) is 0 Å². The maximum absolute atomic E-state index is 12.1. The van der Waals surface area contributed by atoms with E-state index in [0.29, 0.717) is 6.42 Å². The number of hydrogen-bond donors (Lipinski definition) is 0. The summed E-state index contributed by atoms with van der Waals surface area (Å²) in [7, 11) is 0. The zero-order valence-corrected chi connectivity index (χ0v) is 11.7. The van der Waals surface area contributed by atoms with Crippen LogP contribution in [0, 0.1) is 17.2 Å². The van der Waals surface area contributed by atoms with Crippen LogP contribution in [0.1, 0.15) is 18.4 Å². The minimum Gasteiger partial charge on any atom is -0.342 e. The van der Waals surface area contributed by atoms with Gasteiger partial charge in [-0.1, -0.05) is 28.1 Å². The second kappa shape index (κ2) is 6.01. The third kappa shape index (κ3) is 3.11. The summed E-state index contributed by atoms with van der Waals surface area (Å²) in [6.45, 7) is 1.61. The average Bonchev–Trinajstić information content (AvgIpc) is 2.91. The van der Waals surface area contributed by atoms with E-state index in [4.69, 9.17) is 5.26 Å². The van der Waals surface area contributed by atoms with E-state index >= 15 is 0 Å². The van der Waals surface area contributed by atoms with E-state index in [0.717, 1.165) is 36.0 Å². The smallest absolute Gasteiger partial charge is 0.240 e. The van der Waals surface area contributed by atoms with Crippen LogP contribution in [0.3, 0.4) is 0 Å². The predicted molar refractivity (Wildman–Crippen MR) is 72.8 cm³/mol. The monoisotopic (exact) mass is 306 g/mol. The molecule has 1 aromatic rings. The summed E-state index contributed by atoms with van der Waals surface area (Å²) in [6, 6.07) is 9.91. The number of carbonyl (C=O) groups excluding carboxylic acids is 1. The fraction of sp³-hybridized carbons (Fsp3) is 0.429. The van der Waals surface area contributed by atoms with Gasteiger partial charge in [-0.3, -0.25) is 4.79 Å². The Hall–Kier alpha value is -1.34. The molecule has 1 aliphatic heterocycles. The van der Waals surface area contributed by atoms with Crippen LogP contribution in [0.25, 0.3) is 0 Å². The largest absolute Gasteiger partial charge is 0.342 e. The molecule has 1 heterocycles. The minimum absolute atomic E-state index is 0.0158. The van der Waals surface area contributed by atoms with Gasteiger partial charge in [0.05, 0.1) is 6.07 Å². The van der Waals surface area contributed by atoms with Crippen molar-refractivity contribution in [3.05, 3.63) is 34.3 Å². The Kier molecular flexibility index (Phi) is 4.38. The number of amides is 1. The fourth-order valence-electron chi connectivity index (χ4n) is 2.20. The van der Waals surface area contributed by atoms with Gasteiger partial charge in [0.1, 0.15) is 5.92 Å². The Morgan fingerprint density at radius 3 is 2.50 bits per heavy atom. The van der Waals surface area contributed by atoms with Crippen LogP contribution in [0.15, 0.2) is 28.7 Å². The lowest BCUT2D eigenvalue weighted by Crippen LogP contribution is -2.34. The van der Waals surface area contributed by atoms with Crippen LogP contribution >= 0.6 is 15.9 Å². The Labute approximate surface area is 116 Å². The van der Waals surface area contributed by atoms with Crippen LogP contribution in [-0.2, 0) is 11.2 Å². The van der Waals surface area contributed by atoms with Crippen molar-refractivity contribution in [3.63, 3.8) is 0 Å². The fourth-order valence-corrected chi connectivity index (χ4v) is 2.47. The molecule has 3 nitrogen and oxygen atoms in total. The molecule has 2 rings (SSSR count). The highest BCUT2D eigenvalue weighted by molar-refractivity contribution is 9.10. The maximum atomic E-state index is 12.1. The molecule has 0 N–H and O–H groups in total. The molecule has 1 aromatic carbocycles. The standard InChI is InChI=1S/C14H15BrN2O/c15-13-5-3-11(4-6-13)9-12(10-16)14(18)17-7-1-2-8-17/h3-6,12H,1-2,7-9H2. The van der Waals surface area contributed by atoms with Crippen LogP contribution < -0.4 is 0 Å². The molecule has 18 heavy (non-hydrogen) atoms. The molecule has 0 aliphatic carbocycles. The van der Waals surface area contributed by atoms with E-state index in [2.05, 4.69) is 22.0 Å². The van der Waals surface area contributed by atoms with Crippen molar-refractivity contribution in [2.24, 2.45) is 5.92 Å². The molecule has 1 unspecified atom stereocenters. The second-order valence-electron chi connectivity index (χ2n) is 4.54. The predicted octanol–water partition coefficient (Wildman–Crippen LogP) is 2.75. The normalized spacial score (nSPS) is 16.3. The van der Waals surface area contributed by atoms with E-state index in [-0.39, 0.29) is 5.91 Å². The molecule has 94 valence electrons. The van der Waals surface area contributed by atoms with Gasteiger partial charge in [-0.2, -0.15) is 5.26 Å². The summed E-state index contributed by atoms with van der Waals surface area (Å²) in [4.78, 5) is 14.0. The van der Waals surface area contributed by atoms with Gasteiger partial charge in [0.15, 0.2) is 0 Å². The first-order chi connectivity index (χ1) is 8.70. The summed E-state index contributed by atoms with van der Waals surface area (Å²) < 4.78 is 1.01. The highest BCUT2D eigenvalue weighted by atomic mass is 79.9. The van der Waals surface area contributed by atoms with Crippen molar-refractivity contribution >= 4 is 21.8 Å². The Morgan fingerprint density at radius 2 is 1.94 bits per heavy atom. The molecule has 0 spiro atoms. The van der Waals surface area contributed by atoms with Gasteiger partial charge in [0.2, 0.25) is 5.91 Å². The van der Waals surface area contributed by atoms with E-state index in [1.54, 1.807) is 0 Å². The number of carbonyl (C=O) groups is 1. The number of hydrogen-bond acceptors (Lipinski definition) is 2. The average molecular weight is 307 g/mol. The van der Waals surface area contributed by atoms with Crippen LogP contribution in [0.4, 0.5) is 0 Å². The first-order valence-corrected chi connectivity index (χ1v) is 6.93. The summed E-state index contributed by atoms with van der Waals surface area (Å²) in [5.74, 6) is -0.567. The van der Waals surface area contributed by atoms with Gasteiger partial charge in [-0.25, -0.2) is 0 Å². The molecule has 1 saturated heterocycles. The van der Waals surface area contributed by atoms with Crippen molar-refractivity contribution in [1.82, 2.24) is 4.90 Å². The van der Waals surface area contributed by atoms with E-state index < -0.39 is 5.92 Å². The van der Waals surface area contributed by atoms with Crippen molar-refractivity contribution < 1.29 is 4.79 Å². The Morgan fingerprint density at radius 1 is 1.33 bits per heavy atom. The lowest BCUT2D eigenvalue weighted by Gasteiger charge is -2.18. The number of benzene rings is 1. The van der Waals surface area contributed by atoms with Gasteiger partial charge in [-0.15, -0.1) is 0 Å². The molecular weight excluding hydrogens is 292 g/mol. The Balaban J connectivity index is 2.03. The summed E-state index contributed by atoms with van der Waals surface area (Å²) >= 11 is 3.37. The minimum atomic E-state index is -0.552. The zero-order valence-electron chi connectivity index (χ0n) is 10.1. The lowest BCUT2D eigenvalue weighted by atomic mass is 9.99. The molecular formula is C14H15BrN2O. The molecule has 1 amide bonds. The van der Waals surface area contributed by atoms with E-state index in [9.17, 15) is 4.79 Å². The highest BCUT2D eigenvalue weighted by Gasteiger charge is 2.26. The second-order valence-corrected chi connectivity index (χ2v) is 5.46. The van der Waals surface area contributed by atoms with Gasteiger partial charge in [-0.05, 0) is 37.0 Å². The van der Waals surface area contributed by atoms with Crippen LogP contribution in [0.2, 0.25) is 0 Å². The summed E-state index contributed by atoms with van der Waals surface area (Å²) in [6.07, 6.45) is 2.61. The van der Waals surface area contributed by atoms with Crippen LogP contribution in [-0.4, -0.2) is 23.9 Å². The molecule has 0 aromatic heterocycles. The summed E-state index contributed by atoms with van der Waals surface area (Å²) in [5, 5.41) is 9.17. The van der Waals surface area contributed by atoms with Crippen molar-refractivity contribution in [2.45, 2.75) is 19.3 Å². The number of halogens is 1. The maximum Gasteiger partial charge on any atom is 0.240 e. The molecule has 0 radical (unpaired) electrons. The molecule has 0 saturated carbocycles. The molecule has 1 atom stereocenters. The van der Waals surface area contributed by atoms with Gasteiger partial charge in [0, 0.05) is 17.6 Å². The van der Waals surface area contributed by atoms with E-state index in [1.165, 1.54) is 0 Å². The quantitative estimate of drug-likeness (QED) is 0.862. The molecule has 1 aliphatic rings. The van der Waals surface area contributed by atoms with Gasteiger partial charge in [0.25, 0.3) is 0 Å². The number of nitrogens with zero attached hydrogens (tertiary/aromatic N) is 2. The summed E-state index contributed by atoms with van der Waals surface area (Å²) in [5.41, 5.74) is 1.03. The lowest BCUT2D eigenvalue weighted by molar-refractivity contribution is -0.132. The number of nitriles is 1. The molecule has 0 bridgehead atoms. The Bertz CT molecular complexity index is 458. The third-order valence-corrected chi connectivity index (χ3v) is 3.75.